The Balaban J connectivity index is 2.00. The Hall–Kier alpha value is -0.970. The van der Waals surface area contributed by atoms with Gasteiger partial charge in [0.15, 0.2) is 5.82 Å². The average molecular weight is 181 g/mol. The van der Waals surface area contributed by atoms with Crippen molar-refractivity contribution in [2.75, 3.05) is 0 Å². The highest BCUT2D eigenvalue weighted by molar-refractivity contribution is 4.92. The second-order valence-corrected chi connectivity index (χ2v) is 3.74. The van der Waals surface area contributed by atoms with Gasteiger partial charge < -0.3 is 5.73 Å². The number of hydrogen-bond acceptors (Lipinski definition) is 4. The van der Waals surface area contributed by atoms with E-state index in [0.717, 1.165) is 31.5 Å². The van der Waals surface area contributed by atoms with Crippen LogP contribution in [0, 0.1) is 0 Å². The largest absolute Gasteiger partial charge is 0.328 e. The fourth-order valence-electron chi connectivity index (χ4n) is 1.93. The van der Waals surface area contributed by atoms with Crippen molar-refractivity contribution in [3.8, 4) is 0 Å². The molecule has 72 valence electrons. The minimum Gasteiger partial charge on any atom is -0.328 e. The Kier molecular flexibility index (Phi) is 2.54. The van der Waals surface area contributed by atoms with Crippen molar-refractivity contribution in [2.24, 2.45) is 5.73 Å². The SMILES string of the molecule is NC1CCCC(c2nn[nH]n2)CC1. The smallest absolute Gasteiger partial charge is 0.177 e. The van der Waals surface area contributed by atoms with Crippen LogP contribution in [0.2, 0.25) is 0 Å². The van der Waals surface area contributed by atoms with Crippen molar-refractivity contribution in [1.82, 2.24) is 20.6 Å². The van der Waals surface area contributed by atoms with Crippen molar-refractivity contribution in [2.45, 2.75) is 44.1 Å². The van der Waals surface area contributed by atoms with Gasteiger partial charge in [-0.1, -0.05) is 11.6 Å². The van der Waals surface area contributed by atoms with Gasteiger partial charge in [0.05, 0.1) is 0 Å². The number of nitrogens with two attached hydrogens (primary N) is 1. The molecule has 5 heteroatoms. The van der Waals surface area contributed by atoms with Crippen molar-refractivity contribution in [3.05, 3.63) is 5.82 Å². The van der Waals surface area contributed by atoms with Crippen LogP contribution in [-0.4, -0.2) is 26.7 Å². The maximum Gasteiger partial charge on any atom is 0.177 e. The second kappa shape index (κ2) is 3.83. The Labute approximate surface area is 77.1 Å². The third kappa shape index (κ3) is 2.03. The lowest BCUT2D eigenvalue weighted by Crippen LogP contribution is -2.18. The van der Waals surface area contributed by atoms with Crippen molar-refractivity contribution < 1.29 is 0 Å². The van der Waals surface area contributed by atoms with Crippen LogP contribution in [0.1, 0.15) is 43.8 Å². The number of rotatable bonds is 1. The van der Waals surface area contributed by atoms with Crippen molar-refractivity contribution in [1.29, 1.82) is 0 Å². The molecule has 0 radical (unpaired) electrons. The molecule has 3 N–H and O–H groups in total. The molecule has 2 rings (SSSR count). The van der Waals surface area contributed by atoms with Gasteiger partial charge in [-0.3, -0.25) is 0 Å². The molecule has 1 saturated carbocycles. The maximum absolute atomic E-state index is 5.89. The van der Waals surface area contributed by atoms with Crippen LogP contribution < -0.4 is 5.73 Å². The van der Waals surface area contributed by atoms with Gasteiger partial charge in [0.25, 0.3) is 0 Å². The third-order valence-electron chi connectivity index (χ3n) is 2.74. The first kappa shape index (κ1) is 8.62. The molecule has 1 aliphatic rings. The fourth-order valence-corrected chi connectivity index (χ4v) is 1.93. The molecule has 0 saturated heterocycles. The monoisotopic (exact) mass is 181 g/mol. The number of hydrogen-bond donors (Lipinski definition) is 2. The summed E-state index contributed by atoms with van der Waals surface area (Å²) in [6, 6.07) is 0.372. The lowest BCUT2D eigenvalue weighted by molar-refractivity contribution is 0.549. The molecule has 1 heterocycles. The summed E-state index contributed by atoms with van der Waals surface area (Å²) in [5.74, 6) is 1.32. The normalized spacial score (nSPS) is 29.9. The van der Waals surface area contributed by atoms with Gasteiger partial charge in [-0.2, -0.15) is 5.21 Å². The summed E-state index contributed by atoms with van der Waals surface area (Å²) in [5.41, 5.74) is 5.89. The molecule has 0 amide bonds. The molecule has 1 aromatic heterocycles. The fraction of sp³-hybridized carbons (Fsp3) is 0.875. The number of nitrogens with zero attached hydrogens (tertiary/aromatic N) is 3. The van der Waals surface area contributed by atoms with Crippen LogP contribution in [0.15, 0.2) is 0 Å². The highest BCUT2D eigenvalue weighted by Crippen LogP contribution is 2.28. The summed E-state index contributed by atoms with van der Waals surface area (Å²) in [5, 5.41) is 14.1. The number of tetrazole rings is 1. The molecule has 1 aromatic rings. The van der Waals surface area contributed by atoms with Gasteiger partial charge in [-0.05, 0) is 25.7 Å². The zero-order chi connectivity index (χ0) is 9.10. The third-order valence-corrected chi connectivity index (χ3v) is 2.74. The van der Waals surface area contributed by atoms with Gasteiger partial charge >= 0.3 is 0 Å². The first-order valence-corrected chi connectivity index (χ1v) is 4.85. The molecule has 0 spiro atoms. The topological polar surface area (TPSA) is 80.5 Å². The molecule has 1 aliphatic carbocycles. The first-order valence-electron chi connectivity index (χ1n) is 4.85. The minimum atomic E-state index is 0.372. The average Bonchev–Trinajstić information content (AvgIpc) is 2.56. The summed E-state index contributed by atoms with van der Waals surface area (Å²) in [6.45, 7) is 0. The highest BCUT2D eigenvalue weighted by atomic mass is 15.5. The molecule has 5 nitrogen and oxygen atoms in total. The number of aromatic amines is 1. The van der Waals surface area contributed by atoms with E-state index in [1.807, 2.05) is 0 Å². The quantitative estimate of drug-likeness (QED) is 0.621. The van der Waals surface area contributed by atoms with Crippen LogP contribution >= 0.6 is 0 Å². The van der Waals surface area contributed by atoms with Gasteiger partial charge in [0.1, 0.15) is 0 Å². The molecule has 0 bridgehead atoms. The molecule has 1 fully saturated rings. The molecule has 2 unspecified atom stereocenters. The number of aromatic nitrogens is 4. The molecule has 2 atom stereocenters. The minimum absolute atomic E-state index is 0.372. The van der Waals surface area contributed by atoms with Crippen molar-refractivity contribution >= 4 is 0 Å². The van der Waals surface area contributed by atoms with E-state index in [4.69, 9.17) is 5.73 Å². The Morgan fingerprint density at radius 1 is 1.23 bits per heavy atom. The summed E-state index contributed by atoms with van der Waals surface area (Å²) < 4.78 is 0. The van der Waals surface area contributed by atoms with Crippen molar-refractivity contribution in [3.63, 3.8) is 0 Å². The van der Waals surface area contributed by atoms with E-state index in [1.54, 1.807) is 0 Å². The van der Waals surface area contributed by atoms with Gasteiger partial charge in [0.2, 0.25) is 0 Å². The van der Waals surface area contributed by atoms with E-state index in [2.05, 4.69) is 20.6 Å². The summed E-state index contributed by atoms with van der Waals surface area (Å²) in [4.78, 5) is 0. The predicted molar refractivity (Wildman–Crippen MR) is 48.0 cm³/mol. The number of nitrogens with one attached hydrogen (secondary N) is 1. The van der Waals surface area contributed by atoms with E-state index in [9.17, 15) is 0 Å². The molecular weight excluding hydrogens is 166 g/mol. The predicted octanol–water partition coefficient (Wildman–Crippen LogP) is 0.575. The second-order valence-electron chi connectivity index (χ2n) is 3.74. The first-order chi connectivity index (χ1) is 6.36. The Morgan fingerprint density at radius 3 is 2.92 bits per heavy atom. The van der Waals surface area contributed by atoms with E-state index >= 15 is 0 Å². The molecule has 13 heavy (non-hydrogen) atoms. The molecule has 0 aliphatic heterocycles. The van der Waals surface area contributed by atoms with Gasteiger partial charge in [-0.15, -0.1) is 10.2 Å². The van der Waals surface area contributed by atoms with Crippen LogP contribution in [0.3, 0.4) is 0 Å². The van der Waals surface area contributed by atoms with E-state index in [0.29, 0.717) is 12.0 Å². The van der Waals surface area contributed by atoms with Crippen LogP contribution in [-0.2, 0) is 0 Å². The zero-order valence-corrected chi connectivity index (χ0v) is 7.61. The maximum atomic E-state index is 5.89. The lowest BCUT2D eigenvalue weighted by atomic mass is 10.00. The lowest BCUT2D eigenvalue weighted by Gasteiger charge is -2.08. The van der Waals surface area contributed by atoms with Crippen LogP contribution in [0.25, 0.3) is 0 Å². The highest BCUT2D eigenvalue weighted by Gasteiger charge is 2.20. The van der Waals surface area contributed by atoms with E-state index in [1.165, 1.54) is 6.42 Å². The molecule has 0 aromatic carbocycles. The summed E-state index contributed by atoms with van der Waals surface area (Å²) in [7, 11) is 0. The number of H-pyrrole nitrogens is 1. The van der Waals surface area contributed by atoms with Gasteiger partial charge in [0, 0.05) is 12.0 Å². The van der Waals surface area contributed by atoms with E-state index < -0.39 is 0 Å². The Bertz CT molecular complexity index is 245. The zero-order valence-electron chi connectivity index (χ0n) is 7.61. The standard InChI is InChI=1S/C8H15N5/c9-7-3-1-2-6(4-5-7)8-10-12-13-11-8/h6-7H,1-5,9H2,(H,10,11,12,13). The van der Waals surface area contributed by atoms with Crippen LogP contribution in [0.5, 0.6) is 0 Å². The molecular formula is C8H15N5. The summed E-state index contributed by atoms with van der Waals surface area (Å²) >= 11 is 0. The summed E-state index contributed by atoms with van der Waals surface area (Å²) in [6.07, 6.45) is 5.64. The van der Waals surface area contributed by atoms with E-state index in [-0.39, 0.29) is 0 Å². The van der Waals surface area contributed by atoms with Gasteiger partial charge in [-0.25, -0.2) is 0 Å². The Morgan fingerprint density at radius 2 is 2.15 bits per heavy atom. The van der Waals surface area contributed by atoms with Crippen LogP contribution in [0.4, 0.5) is 0 Å².